The Kier molecular flexibility index (Phi) is 4.63. The third-order valence-electron chi connectivity index (χ3n) is 4.68. The summed E-state index contributed by atoms with van der Waals surface area (Å²) in [6.07, 6.45) is 2.70. The number of carboxylic acid groups (broad SMARTS) is 1. The van der Waals surface area contributed by atoms with Crippen LogP contribution in [-0.4, -0.2) is 47.0 Å². The highest BCUT2D eigenvalue weighted by Crippen LogP contribution is 2.35. The summed E-state index contributed by atoms with van der Waals surface area (Å²) in [6.45, 7) is 3.20. The minimum atomic E-state index is -1.03. The van der Waals surface area contributed by atoms with Gasteiger partial charge in [-0.2, -0.15) is 0 Å². The van der Waals surface area contributed by atoms with Crippen LogP contribution in [0.25, 0.3) is 11.1 Å². The van der Waals surface area contributed by atoms with Crippen LogP contribution in [0.15, 0.2) is 36.5 Å². The van der Waals surface area contributed by atoms with Crippen molar-refractivity contribution in [1.29, 1.82) is 0 Å². The standard InChI is InChI=1S/C19H22N2O4/c1-19(24)7-9-21(10-8-19)17-11-14(15(12-20-17)18(22)23)13-5-3-4-6-16(13)25-2/h3-6,11-12,24H,7-10H2,1-2H3,(H,22,23). The number of methoxy groups -OCH3 is 1. The minimum Gasteiger partial charge on any atom is -0.496 e. The van der Waals surface area contributed by atoms with Gasteiger partial charge in [0.05, 0.1) is 18.3 Å². The molecule has 1 aliphatic heterocycles. The molecule has 0 unspecified atom stereocenters. The maximum Gasteiger partial charge on any atom is 0.337 e. The van der Waals surface area contributed by atoms with Crippen LogP contribution >= 0.6 is 0 Å². The van der Waals surface area contributed by atoms with Crippen LogP contribution in [0, 0.1) is 0 Å². The zero-order valence-electron chi connectivity index (χ0n) is 14.4. The number of carbonyl (C=O) groups is 1. The van der Waals surface area contributed by atoms with Crippen LogP contribution in [0.3, 0.4) is 0 Å². The van der Waals surface area contributed by atoms with E-state index in [1.165, 1.54) is 6.20 Å². The molecule has 1 fully saturated rings. The van der Waals surface area contributed by atoms with E-state index in [1.807, 2.05) is 25.1 Å². The van der Waals surface area contributed by atoms with E-state index < -0.39 is 11.6 Å². The quantitative estimate of drug-likeness (QED) is 0.889. The lowest BCUT2D eigenvalue weighted by Gasteiger charge is -2.36. The summed E-state index contributed by atoms with van der Waals surface area (Å²) < 4.78 is 5.39. The van der Waals surface area contributed by atoms with Gasteiger partial charge in [-0.05, 0) is 31.9 Å². The van der Waals surface area contributed by atoms with Crippen molar-refractivity contribution in [1.82, 2.24) is 4.98 Å². The molecule has 3 rings (SSSR count). The molecule has 0 spiro atoms. The Hall–Kier alpha value is -2.60. The minimum absolute atomic E-state index is 0.136. The fourth-order valence-electron chi connectivity index (χ4n) is 3.10. The molecule has 0 aliphatic carbocycles. The molecule has 0 radical (unpaired) electrons. The van der Waals surface area contributed by atoms with E-state index in [2.05, 4.69) is 9.88 Å². The van der Waals surface area contributed by atoms with Crippen molar-refractivity contribution in [3.8, 4) is 16.9 Å². The lowest BCUT2D eigenvalue weighted by Crippen LogP contribution is -2.42. The first-order chi connectivity index (χ1) is 11.9. The van der Waals surface area contributed by atoms with Gasteiger partial charge >= 0.3 is 5.97 Å². The molecular formula is C19H22N2O4. The molecule has 0 saturated carbocycles. The van der Waals surface area contributed by atoms with E-state index in [0.29, 0.717) is 43.1 Å². The van der Waals surface area contributed by atoms with Gasteiger partial charge in [-0.15, -0.1) is 0 Å². The highest BCUT2D eigenvalue weighted by molar-refractivity contribution is 5.97. The summed E-state index contributed by atoms with van der Waals surface area (Å²) in [5, 5.41) is 19.6. The molecule has 2 N–H and O–H groups in total. The van der Waals surface area contributed by atoms with Gasteiger partial charge < -0.3 is 19.8 Å². The largest absolute Gasteiger partial charge is 0.496 e. The topological polar surface area (TPSA) is 82.9 Å². The number of pyridine rings is 1. The smallest absolute Gasteiger partial charge is 0.337 e. The molecular weight excluding hydrogens is 320 g/mol. The average Bonchev–Trinajstić information content (AvgIpc) is 2.61. The van der Waals surface area contributed by atoms with Crippen LogP contribution in [-0.2, 0) is 0 Å². The first-order valence-corrected chi connectivity index (χ1v) is 8.25. The van der Waals surface area contributed by atoms with E-state index in [9.17, 15) is 15.0 Å². The zero-order valence-corrected chi connectivity index (χ0v) is 14.4. The molecule has 25 heavy (non-hydrogen) atoms. The number of hydrogen-bond acceptors (Lipinski definition) is 5. The van der Waals surface area contributed by atoms with Crippen LogP contribution in [0.5, 0.6) is 5.75 Å². The number of nitrogens with zero attached hydrogens (tertiary/aromatic N) is 2. The highest BCUT2D eigenvalue weighted by atomic mass is 16.5. The third kappa shape index (κ3) is 3.58. The van der Waals surface area contributed by atoms with Gasteiger partial charge in [-0.25, -0.2) is 9.78 Å². The molecule has 1 aliphatic rings. The van der Waals surface area contributed by atoms with Crippen LogP contribution in [0.1, 0.15) is 30.1 Å². The summed E-state index contributed by atoms with van der Waals surface area (Å²) in [6, 6.07) is 9.13. The van der Waals surface area contributed by atoms with E-state index in [4.69, 9.17) is 4.74 Å². The predicted octanol–water partition coefficient (Wildman–Crippen LogP) is 2.81. The Labute approximate surface area is 146 Å². The van der Waals surface area contributed by atoms with Gasteiger partial charge in [0.25, 0.3) is 0 Å². The molecule has 0 amide bonds. The van der Waals surface area contributed by atoms with Gasteiger partial charge in [-0.1, -0.05) is 18.2 Å². The number of para-hydroxylation sites is 1. The van der Waals surface area contributed by atoms with Crippen LogP contribution < -0.4 is 9.64 Å². The fourth-order valence-corrected chi connectivity index (χ4v) is 3.10. The van der Waals surface area contributed by atoms with E-state index >= 15 is 0 Å². The first kappa shape index (κ1) is 17.2. The number of hydrogen-bond donors (Lipinski definition) is 2. The maximum atomic E-state index is 11.6. The Morgan fingerprint density at radius 1 is 1.24 bits per heavy atom. The lowest BCUT2D eigenvalue weighted by atomic mass is 9.93. The molecule has 132 valence electrons. The summed E-state index contributed by atoms with van der Waals surface area (Å²) >= 11 is 0. The van der Waals surface area contributed by atoms with Crippen molar-refractivity contribution in [2.75, 3.05) is 25.1 Å². The predicted molar refractivity (Wildman–Crippen MR) is 95.3 cm³/mol. The lowest BCUT2D eigenvalue weighted by molar-refractivity contribution is 0.0350. The van der Waals surface area contributed by atoms with Gasteiger partial charge in [0.2, 0.25) is 0 Å². The number of aliphatic hydroxyl groups is 1. The van der Waals surface area contributed by atoms with Gasteiger partial charge in [0, 0.05) is 30.4 Å². The Morgan fingerprint density at radius 2 is 1.92 bits per heavy atom. The number of anilines is 1. The molecule has 1 aromatic carbocycles. The maximum absolute atomic E-state index is 11.6. The SMILES string of the molecule is COc1ccccc1-c1cc(N2CCC(C)(O)CC2)ncc1C(=O)O. The molecule has 0 bridgehead atoms. The van der Waals surface area contributed by atoms with Gasteiger partial charge in [0.1, 0.15) is 11.6 Å². The Balaban J connectivity index is 2.03. The Morgan fingerprint density at radius 3 is 2.56 bits per heavy atom. The number of ether oxygens (including phenoxy) is 1. The van der Waals surface area contributed by atoms with Crippen molar-refractivity contribution in [3.05, 3.63) is 42.1 Å². The number of aromatic carboxylic acids is 1. The summed E-state index contributed by atoms with van der Waals surface area (Å²) in [4.78, 5) is 18.0. The first-order valence-electron chi connectivity index (χ1n) is 8.25. The highest BCUT2D eigenvalue weighted by Gasteiger charge is 2.28. The fraction of sp³-hybridized carbons (Fsp3) is 0.368. The van der Waals surface area contributed by atoms with Crippen molar-refractivity contribution in [3.63, 3.8) is 0 Å². The van der Waals surface area contributed by atoms with Crippen molar-refractivity contribution < 1.29 is 19.7 Å². The average molecular weight is 342 g/mol. The molecule has 0 atom stereocenters. The number of rotatable bonds is 4. The van der Waals surface area contributed by atoms with E-state index in [-0.39, 0.29) is 5.56 Å². The van der Waals surface area contributed by atoms with Crippen molar-refractivity contribution >= 4 is 11.8 Å². The van der Waals surface area contributed by atoms with E-state index in [0.717, 1.165) is 5.56 Å². The number of carboxylic acids is 1. The molecule has 6 heteroatoms. The number of piperidine rings is 1. The molecule has 6 nitrogen and oxygen atoms in total. The number of benzene rings is 1. The molecule has 2 aromatic rings. The van der Waals surface area contributed by atoms with Crippen molar-refractivity contribution in [2.24, 2.45) is 0 Å². The summed E-state index contributed by atoms with van der Waals surface area (Å²) in [5.74, 6) is 0.298. The second-order valence-electron chi connectivity index (χ2n) is 6.58. The number of aromatic nitrogens is 1. The molecule has 1 aromatic heterocycles. The van der Waals surface area contributed by atoms with Crippen LogP contribution in [0.2, 0.25) is 0 Å². The van der Waals surface area contributed by atoms with Gasteiger partial charge in [-0.3, -0.25) is 0 Å². The Bertz CT molecular complexity index is 779. The molecule has 2 heterocycles. The second-order valence-corrected chi connectivity index (χ2v) is 6.58. The third-order valence-corrected chi connectivity index (χ3v) is 4.68. The monoisotopic (exact) mass is 342 g/mol. The normalized spacial score (nSPS) is 16.5. The van der Waals surface area contributed by atoms with E-state index in [1.54, 1.807) is 19.2 Å². The van der Waals surface area contributed by atoms with Crippen LogP contribution in [0.4, 0.5) is 5.82 Å². The zero-order chi connectivity index (χ0) is 18.0. The van der Waals surface area contributed by atoms with Gasteiger partial charge in [0.15, 0.2) is 0 Å². The van der Waals surface area contributed by atoms with Crippen molar-refractivity contribution in [2.45, 2.75) is 25.4 Å². The summed E-state index contributed by atoms with van der Waals surface area (Å²) in [5.41, 5.74) is 0.780. The summed E-state index contributed by atoms with van der Waals surface area (Å²) in [7, 11) is 1.56. The molecule has 1 saturated heterocycles. The second kappa shape index (κ2) is 6.72.